The van der Waals surface area contributed by atoms with Crippen molar-refractivity contribution in [2.45, 2.75) is 18.9 Å². The summed E-state index contributed by atoms with van der Waals surface area (Å²) in [6, 6.07) is 2.71. The predicted molar refractivity (Wildman–Crippen MR) is 72.6 cm³/mol. The zero-order chi connectivity index (χ0) is 15.1. The second kappa shape index (κ2) is 7.56. The number of nitrogens with one attached hydrogen (secondary N) is 1. The quantitative estimate of drug-likeness (QED) is 0.637. The molecular weight excluding hydrogens is 265 g/mol. The maximum Gasteiger partial charge on any atom is 0.248 e. The minimum absolute atomic E-state index is 0.106. The lowest BCUT2D eigenvalue weighted by atomic mass is 10.1. The van der Waals surface area contributed by atoms with E-state index >= 15 is 0 Å². The number of hydrogen-bond donors (Lipinski definition) is 3. The Kier molecular flexibility index (Phi) is 6.08. The number of rotatable bonds is 7. The van der Waals surface area contributed by atoms with E-state index in [-0.39, 0.29) is 11.3 Å². The average Bonchev–Trinajstić information content (AvgIpc) is 2.41. The lowest BCUT2D eigenvalue weighted by molar-refractivity contribution is -0.117. The summed E-state index contributed by atoms with van der Waals surface area (Å²) < 4.78 is 18.4. The zero-order valence-corrected chi connectivity index (χ0v) is 11.2. The highest BCUT2D eigenvalue weighted by Crippen LogP contribution is 2.16. The van der Waals surface area contributed by atoms with Gasteiger partial charge in [0.1, 0.15) is 5.82 Å². The van der Waals surface area contributed by atoms with Crippen LogP contribution < -0.4 is 16.8 Å². The van der Waals surface area contributed by atoms with Crippen LogP contribution >= 0.6 is 0 Å². The van der Waals surface area contributed by atoms with Gasteiger partial charge >= 0.3 is 0 Å². The molecule has 0 aromatic heterocycles. The summed E-state index contributed by atoms with van der Waals surface area (Å²) >= 11 is 0. The van der Waals surface area contributed by atoms with E-state index in [1.807, 2.05) is 0 Å². The van der Waals surface area contributed by atoms with Gasteiger partial charge in [-0.25, -0.2) is 4.39 Å². The maximum absolute atomic E-state index is 13.5. The molecule has 2 amide bonds. The second-order valence-corrected chi connectivity index (χ2v) is 4.29. The van der Waals surface area contributed by atoms with Crippen LogP contribution in [-0.4, -0.2) is 31.6 Å². The van der Waals surface area contributed by atoms with Crippen LogP contribution in [0, 0.1) is 5.82 Å². The minimum Gasteiger partial charge on any atom is -0.385 e. The van der Waals surface area contributed by atoms with Crippen molar-refractivity contribution in [3.8, 4) is 0 Å². The van der Waals surface area contributed by atoms with Gasteiger partial charge in [-0.2, -0.15) is 0 Å². The molecule has 20 heavy (non-hydrogen) atoms. The Morgan fingerprint density at radius 2 is 2.15 bits per heavy atom. The third-order valence-electron chi connectivity index (χ3n) is 2.71. The molecule has 0 fully saturated rings. The van der Waals surface area contributed by atoms with Crippen LogP contribution in [0.3, 0.4) is 0 Å². The number of ether oxygens (including phenoxy) is 1. The molecule has 1 atom stereocenters. The van der Waals surface area contributed by atoms with Crippen molar-refractivity contribution in [3.05, 3.63) is 29.6 Å². The van der Waals surface area contributed by atoms with E-state index in [1.165, 1.54) is 12.1 Å². The molecule has 1 unspecified atom stereocenters. The minimum atomic E-state index is -0.776. The Morgan fingerprint density at radius 3 is 2.75 bits per heavy atom. The Labute approximate surface area is 116 Å². The Balaban J connectivity index is 2.69. The fourth-order valence-corrected chi connectivity index (χ4v) is 1.58. The van der Waals surface area contributed by atoms with Gasteiger partial charge in [0.2, 0.25) is 11.8 Å². The average molecular weight is 283 g/mol. The summed E-state index contributed by atoms with van der Waals surface area (Å²) in [5, 5.41) is 2.34. The molecular formula is C13H18FN3O3. The fraction of sp³-hybridized carbons (Fsp3) is 0.385. The number of carbonyl (C=O) groups is 2. The molecule has 6 nitrogen and oxygen atoms in total. The molecule has 1 aromatic rings. The third-order valence-corrected chi connectivity index (χ3v) is 2.71. The van der Waals surface area contributed by atoms with E-state index in [1.54, 1.807) is 7.11 Å². The summed E-state index contributed by atoms with van der Waals surface area (Å²) in [6.07, 6.45) is 1.03. The zero-order valence-electron chi connectivity index (χ0n) is 11.2. The van der Waals surface area contributed by atoms with Crippen molar-refractivity contribution < 1.29 is 18.7 Å². The first-order valence-corrected chi connectivity index (χ1v) is 6.10. The van der Waals surface area contributed by atoms with Gasteiger partial charge in [-0.3, -0.25) is 9.59 Å². The SMILES string of the molecule is COCCCC(N)C(=O)Nc1cc(C(N)=O)ccc1F. The van der Waals surface area contributed by atoms with Gasteiger partial charge < -0.3 is 21.5 Å². The number of anilines is 1. The molecule has 0 aliphatic carbocycles. The largest absolute Gasteiger partial charge is 0.385 e. The summed E-state index contributed by atoms with van der Waals surface area (Å²) in [4.78, 5) is 22.8. The van der Waals surface area contributed by atoms with Crippen LogP contribution in [0.25, 0.3) is 0 Å². The van der Waals surface area contributed by atoms with E-state index in [0.717, 1.165) is 6.07 Å². The first-order chi connectivity index (χ1) is 9.45. The fourth-order valence-electron chi connectivity index (χ4n) is 1.58. The van der Waals surface area contributed by atoms with Gasteiger partial charge in [0.05, 0.1) is 11.7 Å². The molecule has 0 saturated carbocycles. The Hall–Kier alpha value is -1.99. The lowest BCUT2D eigenvalue weighted by Gasteiger charge is -2.13. The first kappa shape index (κ1) is 16.1. The highest BCUT2D eigenvalue weighted by Gasteiger charge is 2.16. The van der Waals surface area contributed by atoms with Gasteiger partial charge in [0.15, 0.2) is 0 Å². The van der Waals surface area contributed by atoms with Crippen molar-refractivity contribution in [2.75, 3.05) is 19.0 Å². The van der Waals surface area contributed by atoms with Crippen LogP contribution in [-0.2, 0) is 9.53 Å². The number of halogens is 1. The smallest absolute Gasteiger partial charge is 0.248 e. The van der Waals surface area contributed by atoms with Gasteiger partial charge in [-0.1, -0.05) is 0 Å². The molecule has 110 valence electrons. The topological polar surface area (TPSA) is 107 Å². The molecule has 0 aliphatic heterocycles. The van der Waals surface area contributed by atoms with Crippen LogP contribution in [0.1, 0.15) is 23.2 Å². The number of nitrogens with two attached hydrogens (primary N) is 2. The van der Waals surface area contributed by atoms with E-state index in [4.69, 9.17) is 16.2 Å². The lowest BCUT2D eigenvalue weighted by Crippen LogP contribution is -2.36. The molecule has 1 aromatic carbocycles. The van der Waals surface area contributed by atoms with Crippen LogP contribution in [0.5, 0.6) is 0 Å². The molecule has 0 heterocycles. The number of benzene rings is 1. The van der Waals surface area contributed by atoms with Crippen LogP contribution in [0.2, 0.25) is 0 Å². The summed E-state index contributed by atoms with van der Waals surface area (Å²) in [6.45, 7) is 0.493. The highest BCUT2D eigenvalue weighted by atomic mass is 19.1. The van der Waals surface area contributed by atoms with E-state index in [0.29, 0.717) is 19.4 Å². The molecule has 0 aliphatic rings. The van der Waals surface area contributed by atoms with Crippen LogP contribution in [0.4, 0.5) is 10.1 Å². The molecule has 0 spiro atoms. The van der Waals surface area contributed by atoms with E-state index in [9.17, 15) is 14.0 Å². The number of carbonyl (C=O) groups excluding carboxylic acids is 2. The molecule has 7 heteroatoms. The third kappa shape index (κ3) is 4.60. The highest BCUT2D eigenvalue weighted by molar-refractivity contribution is 5.98. The first-order valence-electron chi connectivity index (χ1n) is 6.10. The number of hydrogen-bond acceptors (Lipinski definition) is 4. The van der Waals surface area contributed by atoms with Crippen molar-refractivity contribution in [2.24, 2.45) is 11.5 Å². The standard InChI is InChI=1S/C13H18FN3O3/c1-20-6-2-3-10(15)13(19)17-11-7-8(12(16)18)4-5-9(11)14/h4-5,7,10H,2-3,6,15H2,1H3,(H2,16,18)(H,17,19). The molecule has 0 radical (unpaired) electrons. The predicted octanol–water partition coefficient (Wildman–Crippen LogP) is 0.617. The van der Waals surface area contributed by atoms with Crippen molar-refractivity contribution in [1.82, 2.24) is 0 Å². The molecule has 0 saturated heterocycles. The van der Waals surface area contributed by atoms with E-state index in [2.05, 4.69) is 5.32 Å². The molecule has 1 rings (SSSR count). The monoisotopic (exact) mass is 283 g/mol. The van der Waals surface area contributed by atoms with Crippen molar-refractivity contribution >= 4 is 17.5 Å². The molecule has 0 bridgehead atoms. The number of methoxy groups -OCH3 is 1. The Bertz CT molecular complexity index is 494. The van der Waals surface area contributed by atoms with Gasteiger partial charge in [0, 0.05) is 19.3 Å². The van der Waals surface area contributed by atoms with Gasteiger partial charge in [0.25, 0.3) is 0 Å². The number of primary amides is 1. The van der Waals surface area contributed by atoms with Gasteiger partial charge in [-0.05, 0) is 31.0 Å². The summed E-state index contributed by atoms with van der Waals surface area (Å²) in [5.74, 6) is -1.89. The van der Waals surface area contributed by atoms with Gasteiger partial charge in [-0.15, -0.1) is 0 Å². The van der Waals surface area contributed by atoms with Crippen molar-refractivity contribution in [1.29, 1.82) is 0 Å². The summed E-state index contributed by atoms with van der Waals surface area (Å²) in [7, 11) is 1.55. The van der Waals surface area contributed by atoms with Crippen molar-refractivity contribution in [3.63, 3.8) is 0 Å². The number of amides is 2. The molecule has 5 N–H and O–H groups in total. The summed E-state index contributed by atoms with van der Waals surface area (Å²) in [5.41, 5.74) is 10.8. The van der Waals surface area contributed by atoms with E-state index < -0.39 is 23.7 Å². The second-order valence-electron chi connectivity index (χ2n) is 4.29. The maximum atomic E-state index is 13.5. The Morgan fingerprint density at radius 1 is 1.45 bits per heavy atom. The van der Waals surface area contributed by atoms with Crippen LogP contribution in [0.15, 0.2) is 18.2 Å². The normalized spacial score (nSPS) is 11.9.